The average molecular weight is 237 g/mol. The number of methoxy groups -OCH3 is 1. The predicted molar refractivity (Wildman–Crippen MR) is 66.3 cm³/mol. The summed E-state index contributed by atoms with van der Waals surface area (Å²) in [5.74, 6) is 0.152. The molecule has 5 nitrogen and oxygen atoms in total. The highest BCUT2D eigenvalue weighted by atomic mass is 16.5. The Morgan fingerprint density at radius 3 is 2.53 bits per heavy atom. The first kappa shape index (κ1) is 13.5. The topological polar surface area (TPSA) is 78.8 Å². The molecule has 0 bridgehead atoms. The molecule has 0 aromatic heterocycles. The van der Waals surface area contributed by atoms with Crippen LogP contribution in [0, 0.1) is 5.92 Å². The molecule has 0 radical (unpaired) electrons. The minimum Gasteiger partial charge on any atom is -0.495 e. The van der Waals surface area contributed by atoms with Crippen LogP contribution in [0.3, 0.4) is 0 Å². The molecular formula is C11H16BNO4. The van der Waals surface area contributed by atoms with Crippen molar-refractivity contribution in [3.63, 3.8) is 0 Å². The standard InChI is InChI=1S/C11H16BNO4/c1-7(2)11(14)13-9-6-8(12(15)16)4-5-10(9)17-3/h4-7,15-16H,1-3H3,(H,13,14). The highest BCUT2D eigenvalue weighted by Crippen LogP contribution is 2.22. The van der Waals surface area contributed by atoms with Gasteiger partial charge in [-0.1, -0.05) is 19.9 Å². The Labute approximate surface area is 101 Å². The summed E-state index contributed by atoms with van der Waals surface area (Å²) in [5.41, 5.74) is 0.724. The van der Waals surface area contributed by atoms with Crippen LogP contribution in [-0.2, 0) is 4.79 Å². The van der Waals surface area contributed by atoms with Gasteiger partial charge in [-0.3, -0.25) is 4.79 Å². The van der Waals surface area contributed by atoms with Crippen molar-refractivity contribution in [2.24, 2.45) is 5.92 Å². The molecule has 92 valence electrons. The third-order valence-corrected chi connectivity index (χ3v) is 2.30. The Kier molecular flexibility index (Phi) is 4.54. The fourth-order valence-corrected chi connectivity index (χ4v) is 1.26. The molecule has 0 fully saturated rings. The van der Waals surface area contributed by atoms with Crippen LogP contribution in [0.15, 0.2) is 18.2 Å². The van der Waals surface area contributed by atoms with Gasteiger partial charge in [0, 0.05) is 5.92 Å². The maximum absolute atomic E-state index is 11.6. The van der Waals surface area contributed by atoms with Gasteiger partial charge in [0.15, 0.2) is 0 Å². The van der Waals surface area contributed by atoms with E-state index in [0.29, 0.717) is 16.9 Å². The molecule has 0 aliphatic carbocycles. The van der Waals surface area contributed by atoms with Gasteiger partial charge in [-0.2, -0.15) is 0 Å². The number of amides is 1. The van der Waals surface area contributed by atoms with Gasteiger partial charge < -0.3 is 20.1 Å². The summed E-state index contributed by atoms with van der Waals surface area (Å²) in [5, 5.41) is 20.8. The van der Waals surface area contributed by atoms with Crippen molar-refractivity contribution in [3.8, 4) is 5.75 Å². The van der Waals surface area contributed by atoms with Crippen molar-refractivity contribution in [3.05, 3.63) is 18.2 Å². The van der Waals surface area contributed by atoms with Gasteiger partial charge in [0.25, 0.3) is 0 Å². The lowest BCUT2D eigenvalue weighted by Gasteiger charge is -2.13. The molecular weight excluding hydrogens is 221 g/mol. The molecule has 0 spiro atoms. The minimum absolute atomic E-state index is 0.159. The molecule has 0 unspecified atom stereocenters. The summed E-state index contributed by atoms with van der Waals surface area (Å²) >= 11 is 0. The number of rotatable bonds is 4. The number of hydrogen-bond acceptors (Lipinski definition) is 4. The number of ether oxygens (including phenoxy) is 1. The molecule has 1 aromatic carbocycles. The summed E-state index contributed by atoms with van der Waals surface area (Å²) in [6, 6.07) is 4.57. The normalized spacial score (nSPS) is 10.2. The molecule has 1 aromatic rings. The van der Waals surface area contributed by atoms with E-state index < -0.39 is 7.12 Å². The van der Waals surface area contributed by atoms with E-state index in [1.807, 2.05) is 0 Å². The van der Waals surface area contributed by atoms with E-state index >= 15 is 0 Å². The summed E-state index contributed by atoms with van der Waals surface area (Å²) in [6.45, 7) is 3.54. The van der Waals surface area contributed by atoms with Crippen LogP contribution in [0.5, 0.6) is 5.75 Å². The summed E-state index contributed by atoms with van der Waals surface area (Å²) in [7, 11) is -0.0920. The van der Waals surface area contributed by atoms with E-state index in [4.69, 9.17) is 14.8 Å². The smallest absolute Gasteiger partial charge is 0.488 e. The van der Waals surface area contributed by atoms with E-state index in [9.17, 15) is 4.79 Å². The maximum Gasteiger partial charge on any atom is 0.488 e. The molecule has 0 atom stereocenters. The Morgan fingerprint density at radius 1 is 1.41 bits per heavy atom. The number of nitrogens with one attached hydrogen (secondary N) is 1. The molecule has 17 heavy (non-hydrogen) atoms. The quantitative estimate of drug-likeness (QED) is 0.642. The van der Waals surface area contributed by atoms with Gasteiger partial charge in [0.1, 0.15) is 5.75 Å². The fraction of sp³-hybridized carbons (Fsp3) is 0.364. The van der Waals surface area contributed by atoms with Crippen molar-refractivity contribution in [2.45, 2.75) is 13.8 Å². The zero-order chi connectivity index (χ0) is 13.0. The number of carbonyl (C=O) groups is 1. The molecule has 0 aliphatic rings. The second kappa shape index (κ2) is 5.70. The molecule has 0 heterocycles. The molecule has 3 N–H and O–H groups in total. The second-order valence-corrected chi connectivity index (χ2v) is 3.98. The SMILES string of the molecule is COc1ccc(B(O)O)cc1NC(=O)C(C)C. The van der Waals surface area contributed by atoms with Crippen molar-refractivity contribution >= 4 is 24.2 Å². The van der Waals surface area contributed by atoms with E-state index in [0.717, 1.165) is 0 Å². The number of hydrogen-bond donors (Lipinski definition) is 3. The van der Waals surface area contributed by atoms with Crippen molar-refractivity contribution < 1.29 is 19.6 Å². The third kappa shape index (κ3) is 3.47. The second-order valence-electron chi connectivity index (χ2n) is 3.98. The minimum atomic E-state index is -1.57. The zero-order valence-corrected chi connectivity index (χ0v) is 10.1. The summed E-state index contributed by atoms with van der Waals surface area (Å²) < 4.78 is 5.08. The zero-order valence-electron chi connectivity index (χ0n) is 10.1. The highest BCUT2D eigenvalue weighted by Gasteiger charge is 2.16. The lowest BCUT2D eigenvalue weighted by Crippen LogP contribution is -2.30. The van der Waals surface area contributed by atoms with Crippen LogP contribution < -0.4 is 15.5 Å². The first-order chi connectivity index (χ1) is 7.95. The largest absolute Gasteiger partial charge is 0.495 e. The van der Waals surface area contributed by atoms with Crippen LogP contribution >= 0.6 is 0 Å². The van der Waals surface area contributed by atoms with Crippen LogP contribution in [-0.4, -0.2) is 30.2 Å². The highest BCUT2D eigenvalue weighted by molar-refractivity contribution is 6.58. The molecule has 0 saturated carbocycles. The maximum atomic E-state index is 11.6. The van der Waals surface area contributed by atoms with Gasteiger partial charge in [0.2, 0.25) is 5.91 Å². The van der Waals surface area contributed by atoms with Crippen LogP contribution in [0.25, 0.3) is 0 Å². The Balaban J connectivity index is 3.02. The van der Waals surface area contributed by atoms with E-state index in [1.165, 1.54) is 19.2 Å². The van der Waals surface area contributed by atoms with E-state index in [-0.39, 0.29) is 11.8 Å². The third-order valence-electron chi connectivity index (χ3n) is 2.30. The predicted octanol–water partition coefficient (Wildman–Crippen LogP) is -0.0305. The van der Waals surface area contributed by atoms with Gasteiger partial charge in [-0.25, -0.2) is 0 Å². The summed E-state index contributed by atoms with van der Waals surface area (Å²) in [4.78, 5) is 11.6. The van der Waals surface area contributed by atoms with Gasteiger partial charge in [-0.05, 0) is 17.6 Å². The van der Waals surface area contributed by atoms with Crippen molar-refractivity contribution in [1.29, 1.82) is 0 Å². The van der Waals surface area contributed by atoms with Gasteiger partial charge in [0.05, 0.1) is 12.8 Å². The molecule has 0 aliphatic heterocycles. The monoisotopic (exact) mass is 237 g/mol. The van der Waals surface area contributed by atoms with Crippen LogP contribution in [0.2, 0.25) is 0 Å². The Bertz CT molecular complexity index is 406. The first-order valence-corrected chi connectivity index (χ1v) is 5.30. The molecule has 0 saturated heterocycles. The molecule has 1 rings (SSSR count). The van der Waals surface area contributed by atoms with Gasteiger partial charge in [-0.15, -0.1) is 0 Å². The lowest BCUT2D eigenvalue weighted by molar-refractivity contribution is -0.118. The van der Waals surface area contributed by atoms with Crippen molar-refractivity contribution in [1.82, 2.24) is 0 Å². The number of carbonyl (C=O) groups excluding carboxylic acids is 1. The van der Waals surface area contributed by atoms with Gasteiger partial charge >= 0.3 is 7.12 Å². The van der Waals surface area contributed by atoms with E-state index in [2.05, 4.69) is 5.32 Å². The number of anilines is 1. The van der Waals surface area contributed by atoms with Crippen LogP contribution in [0.1, 0.15) is 13.8 Å². The van der Waals surface area contributed by atoms with E-state index in [1.54, 1.807) is 19.9 Å². The average Bonchev–Trinajstić information content (AvgIpc) is 2.28. The number of benzene rings is 1. The van der Waals surface area contributed by atoms with Crippen LogP contribution in [0.4, 0.5) is 5.69 Å². The summed E-state index contributed by atoms with van der Waals surface area (Å²) in [6.07, 6.45) is 0. The Morgan fingerprint density at radius 2 is 2.06 bits per heavy atom. The molecule has 1 amide bonds. The lowest BCUT2D eigenvalue weighted by atomic mass is 9.80. The first-order valence-electron chi connectivity index (χ1n) is 5.30. The fourth-order valence-electron chi connectivity index (χ4n) is 1.26. The van der Waals surface area contributed by atoms with Crippen molar-refractivity contribution in [2.75, 3.05) is 12.4 Å². The molecule has 6 heteroatoms. The Hall–Kier alpha value is -1.53.